The number of sulfone groups is 1. The SMILES string of the molecule is Cc1ccc(OCCS(=O)(=O)c2ccc(CN)cc2)cc1. The molecule has 0 heterocycles. The van der Waals surface area contributed by atoms with E-state index in [4.69, 9.17) is 10.5 Å². The van der Waals surface area contributed by atoms with Crippen molar-refractivity contribution in [2.24, 2.45) is 5.73 Å². The molecule has 2 aromatic rings. The van der Waals surface area contributed by atoms with E-state index in [1.807, 2.05) is 31.2 Å². The summed E-state index contributed by atoms with van der Waals surface area (Å²) in [5.74, 6) is 0.623. The number of aryl methyl sites for hydroxylation is 1. The van der Waals surface area contributed by atoms with E-state index in [2.05, 4.69) is 0 Å². The minimum absolute atomic E-state index is 0.0527. The number of rotatable bonds is 6. The summed E-state index contributed by atoms with van der Waals surface area (Å²) >= 11 is 0. The highest BCUT2D eigenvalue weighted by molar-refractivity contribution is 7.91. The summed E-state index contributed by atoms with van der Waals surface area (Å²) in [5, 5.41) is 0. The molecule has 2 aromatic carbocycles. The molecule has 0 aliphatic rings. The number of ether oxygens (including phenoxy) is 1. The third-order valence-electron chi connectivity index (χ3n) is 3.16. The molecule has 0 unspecified atom stereocenters. The van der Waals surface area contributed by atoms with Crippen molar-refractivity contribution < 1.29 is 13.2 Å². The Hall–Kier alpha value is -1.85. The Labute approximate surface area is 125 Å². The van der Waals surface area contributed by atoms with Gasteiger partial charge in [0.05, 0.1) is 10.6 Å². The van der Waals surface area contributed by atoms with E-state index in [9.17, 15) is 8.42 Å². The molecule has 4 nitrogen and oxygen atoms in total. The number of nitrogens with two attached hydrogens (primary N) is 1. The van der Waals surface area contributed by atoms with E-state index in [-0.39, 0.29) is 12.4 Å². The Balaban J connectivity index is 1.95. The Morgan fingerprint density at radius 1 is 1.00 bits per heavy atom. The van der Waals surface area contributed by atoms with Gasteiger partial charge in [-0.1, -0.05) is 29.8 Å². The highest BCUT2D eigenvalue weighted by atomic mass is 32.2. The number of hydrogen-bond donors (Lipinski definition) is 1. The fourth-order valence-electron chi connectivity index (χ4n) is 1.85. The van der Waals surface area contributed by atoms with Crippen LogP contribution in [0.4, 0.5) is 0 Å². The Morgan fingerprint density at radius 3 is 2.19 bits per heavy atom. The quantitative estimate of drug-likeness (QED) is 0.889. The first-order valence-corrected chi connectivity index (χ1v) is 8.38. The predicted molar refractivity (Wildman–Crippen MR) is 83.1 cm³/mol. The van der Waals surface area contributed by atoms with Crippen LogP contribution >= 0.6 is 0 Å². The van der Waals surface area contributed by atoms with Crippen LogP contribution in [0, 0.1) is 6.92 Å². The molecule has 21 heavy (non-hydrogen) atoms. The van der Waals surface area contributed by atoms with E-state index in [1.165, 1.54) is 0 Å². The Bertz CT molecular complexity index is 676. The van der Waals surface area contributed by atoms with Crippen LogP contribution in [0.25, 0.3) is 0 Å². The second kappa shape index (κ2) is 6.74. The maximum absolute atomic E-state index is 12.2. The van der Waals surface area contributed by atoms with Crippen LogP contribution < -0.4 is 10.5 Å². The van der Waals surface area contributed by atoms with Crippen LogP contribution in [0.5, 0.6) is 5.75 Å². The summed E-state index contributed by atoms with van der Waals surface area (Å²) in [6.45, 7) is 2.51. The van der Waals surface area contributed by atoms with Crippen LogP contribution in [-0.2, 0) is 16.4 Å². The normalized spacial score (nSPS) is 11.3. The zero-order chi connectivity index (χ0) is 15.3. The molecule has 0 aromatic heterocycles. The van der Waals surface area contributed by atoms with Gasteiger partial charge in [0, 0.05) is 6.54 Å². The van der Waals surface area contributed by atoms with Crippen LogP contribution in [-0.4, -0.2) is 20.8 Å². The van der Waals surface area contributed by atoms with Gasteiger partial charge in [-0.2, -0.15) is 0 Å². The molecule has 112 valence electrons. The highest BCUT2D eigenvalue weighted by Gasteiger charge is 2.14. The molecule has 0 amide bonds. The molecule has 5 heteroatoms. The summed E-state index contributed by atoms with van der Waals surface area (Å²) in [7, 11) is -3.33. The first-order chi connectivity index (χ1) is 10.0. The van der Waals surface area contributed by atoms with Gasteiger partial charge in [-0.15, -0.1) is 0 Å². The summed E-state index contributed by atoms with van der Waals surface area (Å²) in [4.78, 5) is 0.298. The lowest BCUT2D eigenvalue weighted by molar-refractivity contribution is 0.341. The van der Waals surface area contributed by atoms with E-state index >= 15 is 0 Å². The standard InChI is InChI=1S/C16H19NO3S/c1-13-2-6-15(7-3-13)20-10-11-21(18,19)16-8-4-14(12-17)5-9-16/h2-9H,10-12,17H2,1H3. The smallest absolute Gasteiger partial charge is 0.181 e. The molecule has 0 atom stereocenters. The molecule has 0 aliphatic carbocycles. The van der Waals surface area contributed by atoms with Gasteiger partial charge in [-0.3, -0.25) is 0 Å². The lowest BCUT2D eigenvalue weighted by Gasteiger charge is -2.08. The van der Waals surface area contributed by atoms with Crippen molar-refractivity contribution in [3.05, 3.63) is 59.7 Å². The monoisotopic (exact) mass is 305 g/mol. The van der Waals surface area contributed by atoms with Gasteiger partial charge in [0.15, 0.2) is 9.84 Å². The highest BCUT2D eigenvalue weighted by Crippen LogP contribution is 2.14. The van der Waals surface area contributed by atoms with Crippen LogP contribution in [0.2, 0.25) is 0 Å². The lowest BCUT2D eigenvalue weighted by atomic mass is 10.2. The summed E-state index contributed by atoms with van der Waals surface area (Å²) in [6.07, 6.45) is 0. The van der Waals surface area contributed by atoms with Crippen molar-refractivity contribution >= 4 is 9.84 Å². The van der Waals surface area contributed by atoms with Gasteiger partial charge in [0.2, 0.25) is 0 Å². The molecule has 0 aliphatic heterocycles. The molecular weight excluding hydrogens is 286 g/mol. The van der Waals surface area contributed by atoms with E-state index < -0.39 is 9.84 Å². The molecule has 0 spiro atoms. The van der Waals surface area contributed by atoms with Crippen LogP contribution in [0.3, 0.4) is 0 Å². The second-order valence-corrected chi connectivity index (χ2v) is 6.94. The fourth-order valence-corrected chi connectivity index (χ4v) is 2.94. The van der Waals surface area contributed by atoms with Crippen molar-refractivity contribution in [2.45, 2.75) is 18.4 Å². The molecule has 2 N–H and O–H groups in total. The zero-order valence-electron chi connectivity index (χ0n) is 12.0. The van der Waals surface area contributed by atoms with Crippen molar-refractivity contribution in [1.29, 1.82) is 0 Å². The maximum Gasteiger partial charge on any atom is 0.181 e. The lowest BCUT2D eigenvalue weighted by Crippen LogP contribution is -2.14. The third-order valence-corrected chi connectivity index (χ3v) is 4.85. The molecular formula is C16H19NO3S. The largest absolute Gasteiger partial charge is 0.493 e. The summed E-state index contributed by atoms with van der Waals surface area (Å²) in [6, 6.07) is 14.1. The van der Waals surface area contributed by atoms with Crippen LogP contribution in [0.15, 0.2) is 53.4 Å². The van der Waals surface area contributed by atoms with E-state index in [0.29, 0.717) is 17.2 Å². The molecule has 0 saturated carbocycles. The third kappa shape index (κ3) is 4.31. The summed E-state index contributed by atoms with van der Waals surface area (Å²) in [5.41, 5.74) is 7.54. The van der Waals surface area contributed by atoms with Gasteiger partial charge in [-0.05, 0) is 36.8 Å². The molecule has 0 saturated heterocycles. The molecule has 2 rings (SSSR count). The van der Waals surface area contributed by atoms with Gasteiger partial charge >= 0.3 is 0 Å². The van der Waals surface area contributed by atoms with Crippen molar-refractivity contribution in [3.8, 4) is 5.75 Å². The summed E-state index contributed by atoms with van der Waals surface area (Å²) < 4.78 is 29.8. The van der Waals surface area contributed by atoms with Gasteiger partial charge in [-0.25, -0.2) is 8.42 Å². The zero-order valence-corrected chi connectivity index (χ0v) is 12.8. The molecule has 0 bridgehead atoms. The predicted octanol–water partition coefficient (Wildman–Crippen LogP) is 2.31. The van der Waals surface area contributed by atoms with Crippen LogP contribution in [0.1, 0.15) is 11.1 Å². The Kier molecular flexibility index (Phi) is 4.98. The fraction of sp³-hybridized carbons (Fsp3) is 0.250. The van der Waals surface area contributed by atoms with Crippen molar-refractivity contribution in [3.63, 3.8) is 0 Å². The van der Waals surface area contributed by atoms with Gasteiger partial charge in [0.25, 0.3) is 0 Å². The first-order valence-electron chi connectivity index (χ1n) is 6.72. The Morgan fingerprint density at radius 2 is 1.62 bits per heavy atom. The number of benzene rings is 2. The van der Waals surface area contributed by atoms with Crippen molar-refractivity contribution in [2.75, 3.05) is 12.4 Å². The maximum atomic E-state index is 12.2. The topological polar surface area (TPSA) is 69.4 Å². The van der Waals surface area contributed by atoms with Gasteiger partial charge < -0.3 is 10.5 Å². The first kappa shape index (κ1) is 15.5. The van der Waals surface area contributed by atoms with E-state index in [1.54, 1.807) is 24.3 Å². The van der Waals surface area contributed by atoms with Crippen molar-refractivity contribution in [1.82, 2.24) is 0 Å². The van der Waals surface area contributed by atoms with Gasteiger partial charge in [0.1, 0.15) is 12.4 Å². The number of hydrogen-bond acceptors (Lipinski definition) is 4. The molecule has 0 radical (unpaired) electrons. The minimum Gasteiger partial charge on any atom is -0.493 e. The average molecular weight is 305 g/mol. The molecule has 0 fully saturated rings. The average Bonchev–Trinajstić information content (AvgIpc) is 2.49. The van der Waals surface area contributed by atoms with E-state index in [0.717, 1.165) is 11.1 Å². The minimum atomic E-state index is -3.33. The second-order valence-electron chi connectivity index (χ2n) is 4.83.